The maximum atomic E-state index is 10.9. The Labute approximate surface area is 71.6 Å². The molecule has 0 aromatic carbocycles. The third-order valence-electron chi connectivity index (χ3n) is 3.45. The summed E-state index contributed by atoms with van der Waals surface area (Å²) in [6, 6.07) is 0. The van der Waals surface area contributed by atoms with Gasteiger partial charge in [-0.05, 0) is 12.3 Å². The van der Waals surface area contributed by atoms with Crippen molar-refractivity contribution >= 4 is 0 Å². The van der Waals surface area contributed by atoms with Gasteiger partial charge in [-0.25, -0.2) is 0 Å². The molecule has 66 valence electrons. The summed E-state index contributed by atoms with van der Waals surface area (Å²) in [5.74, 6) is 0.697. The Morgan fingerprint density at radius 1 is 1.67 bits per heavy atom. The molecule has 2 bridgehead atoms. The van der Waals surface area contributed by atoms with Crippen LogP contribution in [0.3, 0.4) is 0 Å². The third-order valence-corrected chi connectivity index (χ3v) is 3.45. The predicted molar refractivity (Wildman–Crippen MR) is 45.4 cm³/mol. The van der Waals surface area contributed by atoms with Crippen molar-refractivity contribution in [2.45, 2.75) is 31.7 Å². The van der Waals surface area contributed by atoms with Crippen LogP contribution in [-0.4, -0.2) is 10.5 Å². The van der Waals surface area contributed by atoms with Gasteiger partial charge in [0.15, 0.2) is 0 Å². The van der Waals surface area contributed by atoms with E-state index in [4.69, 9.17) is 0 Å². The summed E-state index contributed by atoms with van der Waals surface area (Å²) in [4.78, 5) is 10.9. The lowest BCUT2D eigenvalue weighted by atomic mass is 9.83. The van der Waals surface area contributed by atoms with Gasteiger partial charge in [0.25, 0.3) is 0 Å². The van der Waals surface area contributed by atoms with Crippen LogP contribution in [0.2, 0.25) is 0 Å². The monoisotopic (exact) mass is 167 g/mol. The van der Waals surface area contributed by atoms with Crippen molar-refractivity contribution < 1.29 is 4.92 Å². The lowest BCUT2D eigenvalue weighted by Crippen LogP contribution is -2.41. The maximum absolute atomic E-state index is 10.9. The second-order valence-corrected chi connectivity index (χ2v) is 3.91. The van der Waals surface area contributed by atoms with Crippen LogP contribution in [-0.2, 0) is 0 Å². The number of fused-ring (bicyclic) bond motifs is 2. The van der Waals surface area contributed by atoms with Crippen molar-refractivity contribution in [3.63, 3.8) is 0 Å². The van der Waals surface area contributed by atoms with Gasteiger partial charge in [0.05, 0.1) is 0 Å². The fourth-order valence-electron chi connectivity index (χ4n) is 2.68. The molecule has 3 heteroatoms. The Morgan fingerprint density at radius 3 is 2.67 bits per heavy atom. The van der Waals surface area contributed by atoms with Crippen LogP contribution in [0.25, 0.3) is 0 Å². The second-order valence-electron chi connectivity index (χ2n) is 3.91. The Bertz CT molecular complexity index is 249. The summed E-state index contributed by atoms with van der Waals surface area (Å²) < 4.78 is 0. The molecule has 3 nitrogen and oxygen atoms in total. The predicted octanol–water partition coefficient (Wildman–Crippen LogP) is 2.01. The minimum atomic E-state index is -0.612. The minimum absolute atomic E-state index is 0.0544. The largest absolute Gasteiger partial charge is 0.264 e. The van der Waals surface area contributed by atoms with E-state index in [1.54, 1.807) is 0 Å². The first-order valence-corrected chi connectivity index (χ1v) is 4.52. The zero-order valence-electron chi connectivity index (χ0n) is 7.19. The first-order chi connectivity index (χ1) is 5.69. The van der Waals surface area contributed by atoms with Crippen LogP contribution in [0.15, 0.2) is 12.2 Å². The maximum Gasteiger partial charge on any atom is 0.228 e. The number of nitro groups is 1. The van der Waals surface area contributed by atoms with E-state index in [9.17, 15) is 10.1 Å². The molecule has 0 aliphatic heterocycles. The summed E-state index contributed by atoms with van der Waals surface area (Å²) in [5.41, 5.74) is -0.612. The molecule has 0 radical (unpaired) electrons. The van der Waals surface area contributed by atoms with Crippen LogP contribution in [0.4, 0.5) is 0 Å². The molecule has 0 N–H and O–H groups in total. The summed E-state index contributed by atoms with van der Waals surface area (Å²) in [7, 11) is 0. The molecule has 0 heterocycles. The highest BCUT2D eigenvalue weighted by molar-refractivity contribution is 5.16. The minimum Gasteiger partial charge on any atom is -0.264 e. The summed E-state index contributed by atoms with van der Waals surface area (Å²) in [5, 5.41) is 10.9. The van der Waals surface area contributed by atoms with Gasteiger partial charge in [-0.1, -0.05) is 19.1 Å². The molecule has 12 heavy (non-hydrogen) atoms. The van der Waals surface area contributed by atoms with Gasteiger partial charge in [0.1, 0.15) is 0 Å². The van der Waals surface area contributed by atoms with Gasteiger partial charge in [-0.3, -0.25) is 10.1 Å². The second kappa shape index (κ2) is 2.31. The molecular formula is C9H13NO2. The van der Waals surface area contributed by atoms with Crippen LogP contribution < -0.4 is 0 Å². The molecule has 1 fully saturated rings. The molecule has 0 spiro atoms. The number of hydrogen-bond donors (Lipinski definition) is 0. The molecule has 2 aliphatic carbocycles. The first-order valence-electron chi connectivity index (χ1n) is 4.52. The van der Waals surface area contributed by atoms with Crippen molar-refractivity contribution in [3.05, 3.63) is 22.3 Å². The third kappa shape index (κ3) is 0.765. The van der Waals surface area contributed by atoms with E-state index in [0.717, 1.165) is 12.8 Å². The van der Waals surface area contributed by atoms with Gasteiger partial charge in [-0.15, -0.1) is 0 Å². The quantitative estimate of drug-likeness (QED) is 0.358. The zero-order valence-corrected chi connectivity index (χ0v) is 7.19. The normalized spacial score (nSPS) is 43.8. The highest BCUT2D eigenvalue weighted by atomic mass is 16.6. The first kappa shape index (κ1) is 7.77. The molecule has 0 aromatic rings. The van der Waals surface area contributed by atoms with Gasteiger partial charge in [-0.2, -0.15) is 0 Å². The summed E-state index contributed by atoms with van der Waals surface area (Å²) in [6.45, 7) is 1.93. The highest BCUT2D eigenvalue weighted by Gasteiger charge is 2.56. The lowest BCUT2D eigenvalue weighted by molar-refractivity contribution is -0.576. The van der Waals surface area contributed by atoms with E-state index in [1.807, 2.05) is 13.0 Å². The van der Waals surface area contributed by atoms with Crippen molar-refractivity contribution in [1.29, 1.82) is 0 Å². The molecule has 0 unspecified atom stereocenters. The average Bonchev–Trinajstić information content (AvgIpc) is 2.62. The van der Waals surface area contributed by atoms with E-state index in [1.165, 1.54) is 0 Å². The lowest BCUT2D eigenvalue weighted by Gasteiger charge is -2.25. The molecule has 1 saturated carbocycles. The number of hydrogen-bond acceptors (Lipinski definition) is 2. The van der Waals surface area contributed by atoms with Crippen LogP contribution >= 0.6 is 0 Å². The van der Waals surface area contributed by atoms with E-state index >= 15 is 0 Å². The van der Waals surface area contributed by atoms with E-state index in [-0.39, 0.29) is 10.8 Å². The molecule has 2 rings (SSSR count). The summed E-state index contributed by atoms with van der Waals surface area (Å²) in [6.07, 6.45) is 6.63. The van der Waals surface area contributed by atoms with E-state index in [2.05, 4.69) is 6.08 Å². The highest BCUT2D eigenvalue weighted by Crippen LogP contribution is 2.49. The van der Waals surface area contributed by atoms with Crippen LogP contribution in [0.1, 0.15) is 26.2 Å². The van der Waals surface area contributed by atoms with E-state index in [0.29, 0.717) is 12.3 Å². The Balaban J connectivity index is 2.31. The molecule has 0 saturated heterocycles. The molecule has 2 aliphatic rings. The van der Waals surface area contributed by atoms with Crippen molar-refractivity contribution in [2.75, 3.05) is 0 Å². The number of nitrogens with zero attached hydrogens (tertiary/aromatic N) is 1. The average molecular weight is 167 g/mol. The molecule has 0 aromatic heterocycles. The van der Waals surface area contributed by atoms with Gasteiger partial charge in [0.2, 0.25) is 5.54 Å². The van der Waals surface area contributed by atoms with Crippen LogP contribution in [0, 0.1) is 22.0 Å². The smallest absolute Gasteiger partial charge is 0.228 e. The van der Waals surface area contributed by atoms with E-state index < -0.39 is 5.54 Å². The van der Waals surface area contributed by atoms with Gasteiger partial charge >= 0.3 is 0 Å². The fraction of sp³-hybridized carbons (Fsp3) is 0.778. The van der Waals surface area contributed by atoms with Gasteiger partial charge < -0.3 is 0 Å². The Kier molecular flexibility index (Phi) is 1.50. The van der Waals surface area contributed by atoms with Crippen molar-refractivity contribution in [1.82, 2.24) is 0 Å². The van der Waals surface area contributed by atoms with Crippen molar-refractivity contribution in [2.24, 2.45) is 11.8 Å². The zero-order chi connectivity index (χ0) is 8.77. The Morgan fingerprint density at radius 2 is 2.42 bits per heavy atom. The van der Waals surface area contributed by atoms with Gasteiger partial charge in [0, 0.05) is 23.7 Å². The van der Waals surface area contributed by atoms with Crippen molar-refractivity contribution in [3.8, 4) is 0 Å². The van der Waals surface area contributed by atoms with Crippen LogP contribution in [0.5, 0.6) is 0 Å². The summed E-state index contributed by atoms with van der Waals surface area (Å²) >= 11 is 0. The Hall–Kier alpha value is -0.860. The SMILES string of the molecule is CC[C@@]1([N+](=O)[O-])C[C@@H]2C=C[C@H]1C2. The number of rotatable bonds is 2. The number of allylic oxidation sites excluding steroid dienone is 1. The standard InChI is InChI=1S/C9H13NO2/c1-2-9(10(11)12)6-7-3-4-8(9)5-7/h3-4,7-8H,2,5-6H2,1H3/t7-,8+,9-/m1/s1. The topological polar surface area (TPSA) is 43.1 Å². The molecular weight excluding hydrogens is 154 g/mol. The molecule has 0 amide bonds. The molecule has 3 atom stereocenters. The fourth-order valence-corrected chi connectivity index (χ4v) is 2.68.